The van der Waals surface area contributed by atoms with E-state index in [0.29, 0.717) is 23.3 Å². The van der Waals surface area contributed by atoms with Crippen LogP contribution in [0.25, 0.3) is 0 Å². The van der Waals surface area contributed by atoms with Crippen molar-refractivity contribution in [1.82, 2.24) is 9.97 Å². The molecule has 0 saturated carbocycles. The summed E-state index contributed by atoms with van der Waals surface area (Å²) in [7, 11) is 3.30. The maximum atomic E-state index is 13.1. The van der Waals surface area contributed by atoms with Crippen LogP contribution in [0.1, 0.15) is 0 Å². The van der Waals surface area contributed by atoms with E-state index in [-0.39, 0.29) is 0 Å². The standard InChI is InChI=1S/C8H12FN3OS/c1-10-8-11-5-6(9)7(12-8)14-4-3-13-2/h5H,3-4H2,1-2H3,(H,10,11,12). The van der Waals surface area contributed by atoms with E-state index in [9.17, 15) is 4.39 Å². The van der Waals surface area contributed by atoms with Crippen LogP contribution in [0.4, 0.5) is 10.3 Å². The fourth-order valence-corrected chi connectivity index (χ4v) is 1.58. The summed E-state index contributed by atoms with van der Waals surface area (Å²) >= 11 is 1.31. The quantitative estimate of drug-likeness (QED) is 0.459. The van der Waals surface area contributed by atoms with Gasteiger partial charge in [0.2, 0.25) is 5.95 Å². The zero-order valence-corrected chi connectivity index (χ0v) is 8.90. The second kappa shape index (κ2) is 5.77. The number of ether oxygens (including phenoxy) is 1. The average molecular weight is 217 g/mol. The molecule has 1 rings (SSSR count). The highest BCUT2D eigenvalue weighted by Crippen LogP contribution is 2.19. The van der Waals surface area contributed by atoms with Crippen molar-refractivity contribution in [3.05, 3.63) is 12.0 Å². The van der Waals surface area contributed by atoms with Gasteiger partial charge in [0, 0.05) is 19.9 Å². The Bertz CT molecular complexity index is 298. The molecule has 0 saturated heterocycles. The summed E-state index contributed by atoms with van der Waals surface area (Å²) in [5.74, 6) is 0.699. The summed E-state index contributed by atoms with van der Waals surface area (Å²) < 4.78 is 18.0. The number of thioether (sulfide) groups is 1. The Balaban J connectivity index is 2.64. The molecule has 0 bridgehead atoms. The average Bonchev–Trinajstić information content (AvgIpc) is 2.21. The van der Waals surface area contributed by atoms with Gasteiger partial charge < -0.3 is 10.1 Å². The lowest BCUT2D eigenvalue weighted by Crippen LogP contribution is -2.00. The van der Waals surface area contributed by atoms with Gasteiger partial charge in [0.25, 0.3) is 0 Å². The minimum absolute atomic E-state index is 0.349. The molecule has 0 radical (unpaired) electrons. The predicted octanol–water partition coefficient (Wildman–Crippen LogP) is 1.40. The van der Waals surface area contributed by atoms with Crippen molar-refractivity contribution in [2.45, 2.75) is 5.03 Å². The number of anilines is 1. The molecule has 0 unspecified atom stereocenters. The van der Waals surface area contributed by atoms with E-state index in [1.807, 2.05) is 0 Å². The SMILES string of the molecule is CNc1ncc(F)c(SCCOC)n1. The van der Waals surface area contributed by atoms with Crippen molar-refractivity contribution in [3.63, 3.8) is 0 Å². The number of methoxy groups -OCH3 is 1. The van der Waals surface area contributed by atoms with Gasteiger partial charge >= 0.3 is 0 Å². The highest BCUT2D eigenvalue weighted by molar-refractivity contribution is 7.99. The lowest BCUT2D eigenvalue weighted by molar-refractivity contribution is 0.218. The molecule has 0 aliphatic rings. The third kappa shape index (κ3) is 3.12. The number of nitrogens with one attached hydrogen (secondary N) is 1. The summed E-state index contributed by atoms with van der Waals surface area (Å²) in [6.45, 7) is 0.572. The molecule has 0 amide bonds. The predicted molar refractivity (Wildman–Crippen MR) is 54.1 cm³/mol. The summed E-state index contributed by atoms with van der Waals surface area (Å²) in [6.07, 6.45) is 1.16. The molecule has 0 fully saturated rings. The van der Waals surface area contributed by atoms with Crippen molar-refractivity contribution in [2.24, 2.45) is 0 Å². The van der Waals surface area contributed by atoms with Gasteiger partial charge in [0.1, 0.15) is 5.03 Å². The fraction of sp³-hybridized carbons (Fsp3) is 0.500. The summed E-state index contributed by atoms with van der Waals surface area (Å²) in [5, 5.41) is 3.10. The lowest BCUT2D eigenvalue weighted by Gasteiger charge is -2.03. The van der Waals surface area contributed by atoms with Crippen LogP contribution in [0, 0.1) is 5.82 Å². The van der Waals surface area contributed by atoms with Gasteiger partial charge in [0.05, 0.1) is 12.8 Å². The summed E-state index contributed by atoms with van der Waals surface area (Å²) in [6, 6.07) is 0. The van der Waals surface area contributed by atoms with Crippen LogP contribution in [0.15, 0.2) is 11.2 Å². The van der Waals surface area contributed by atoms with Crippen LogP contribution in [-0.2, 0) is 4.74 Å². The monoisotopic (exact) mass is 217 g/mol. The molecule has 4 nitrogen and oxygen atoms in total. The van der Waals surface area contributed by atoms with Gasteiger partial charge in [-0.3, -0.25) is 0 Å². The Hall–Kier alpha value is -0.880. The van der Waals surface area contributed by atoms with Crippen molar-refractivity contribution in [1.29, 1.82) is 0 Å². The maximum absolute atomic E-state index is 13.1. The first kappa shape index (κ1) is 11.2. The second-order valence-corrected chi connectivity index (χ2v) is 3.52. The molecule has 78 valence electrons. The molecule has 0 spiro atoms. The highest BCUT2D eigenvalue weighted by Gasteiger charge is 2.06. The molecule has 0 aromatic carbocycles. The first-order valence-electron chi connectivity index (χ1n) is 4.10. The topological polar surface area (TPSA) is 47.0 Å². The van der Waals surface area contributed by atoms with Gasteiger partial charge in [-0.1, -0.05) is 0 Å². The number of aromatic nitrogens is 2. The van der Waals surface area contributed by atoms with E-state index in [1.54, 1.807) is 14.2 Å². The van der Waals surface area contributed by atoms with Gasteiger partial charge in [-0.15, -0.1) is 11.8 Å². The van der Waals surface area contributed by atoms with E-state index in [1.165, 1.54) is 11.8 Å². The molecular formula is C8H12FN3OS. The van der Waals surface area contributed by atoms with E-state index < -0.39 is 5.82 Å². The summed E-state index contributed by atoms with van der Waals surface area (Å²) in [5.41, 5.74) is 0. The lowest BCUT2D eigenvalue weighted by atomic mass is 10.6. The Morgan fingerprint density at radius 1 is 1.64 bits per heavy atom. The van der Waals surface area contributed by atoms with Crippen LogP contribution in [0.5, 0.6) is 0 Å². The third-order valence-electron chi connectivity index (χ3n) is 1.46. The Kier molecular flexibility index (Phi) is 4.61. The molecule has 1 heterocycles. The largest absolute Gasteiger partial charge is 0.384 e. The number of halogens is 1. The van der Waals surface area contributed by atoms with Crippen molar-refractivity contribution < 1.29 is 9.13 Å². The minimum Gasteiger partial charge on any atom is -0.384 e. The molecule has 1 aromatic heterocycles. The zero-order valence-electron chi connectivity index (χ0n) is 8.08. The van der Waals surface area contributed by atoms with E-state index >= 15 is 0 Å². The number of hydrogen-bond donors (Lipinski definition) is 1. The Morgan fingerprint density at radius 3 is 3.07 bits per heavy atom. The Labute approximate surface area is 86.3 Å². The molecular weight excluding hydrogens is 205 g/mol. The molecule has 0 aliphatic heterocycles. The van der Waals surface area contributed by atoms with Gasteiger partial charge in [-0.2, -0.15) is 0 Å². The van der Waals surface area contributed by atoms with Crippen LogP contribution in [0.2, 0.25) is 0 Å². The van der Waals surface area contributed by atoms with E-state index in [0.717, 1.165) is 6.20 Å². The smallest absolute Gasteiger partial charge is 0.223 e. The van der Waals surface area contributed by atoms with Crippen molar-refractivity contribution in [2.75, 3.05) is 31.8 Å². The first-order valence-corrected chi connectivity index (χ1v) is 5.08. The molecule has 0 aliphatic carbocycles. The van der Waals surface area contributed by atoms with E-state index in [4.69, 9.17) is 4.74 Å². The first-order chi connectivity index (χ1) is 6.77. The van der Waals surface area contributed by atoms with E-state index in [2.05, 4.69) is 15.3 Å². The number of rotatable bonds is 5. The normalized spacial score (nSPS) is 10.2. The third-order valence-corrected chi connectivity index (χ3v) is 2.39. The van der Waals surface area contributed by atoms with Crippen LogP contribution in [-0.4, -0.2) is 36.5 Å². The molecule has 0 atom stereocenters. The van der Waals surface area contributed by atoms with Gasteiger partial charge in [0.15, 0.2) is 5.82 Å². The molecule has 1 aromatic rings. The highest BCUT2D eigenvalue weighted by atomic mass is 32.2. The van der Waals surface area contributed by atoms with Gasteiger partial charge in [-0.25, -0.2) is 14.4 Å². The van der Waals surface area contributed by atoms with Crippen molar-refractivity contribution in [3.8, 4) is 0 Å². The second-order valence-electron chi connectivity index (χ2n) is 2.44. The fourth-order valence-electron chi connectivity index (χ4n) is 0.795. The number of hydrogen-bond acceptors (Lipinski definition) is 5. The molecule has 1 N–H and O–H groups in total. The Morgan fingerprint density at radius 2 is 2.43 bits per heavy atom. The summed E-state index contributed by atoms with van der Waals surface area (Å²) in [4.78, 5) is 7.72. The van der Waals surface area contributed by atoms with Gasteiger partial charge in [-0.05, 0) is 0 Å². The van der Waals surface area contributed by atoms with Crippen LogP contribution in [0.3, 0.4) is 0 Å². The van der Waals surface area contributed by atoms with Crippen LogP contribution < -0.4 is 5.32 Å². The number of nitrogens with zero attached hydrogens (tertiary/aromatic N) is 2. The zero-order chi connectivity index (χ0) is 10.4. The minimum atomic E-state index is -0.398. The molecule has 14 heavy (non-hydrogen) atoms. The molecule has 6 heteroatoms. The van der Waals surface area contributed by atoms with Crippen molar-refractivity contribution >= 4 is 17.7 Å². The maximum Gasteiger partial charge on any atom is 0.223 e. The van der Waals surface area contributed by atoms with Crippen LogP contribution >= 0.6 is 11.8 Å².